The van der Waals surface area contributed by atoms with E-state index in [-0.39, 0.29) is 28.1 Å². The molecule has 2 rings (SSSR count). The Bertz CT molecular complexity index is 900. The Hall–Kier alpha value is -2.85. The Morgan fingerprint density at radius 3 is 2.40 bits per heavy atom. The van der Waals surface area contributed by atoms with Crippen LogP contribution in [0.2, 0.25) is 0 Å². The highest BCUT2D eigenvalue weighted by Gasteiger charge is 2.19. The number of nitrogens with one attached hydrogen (secondary N) is 2. The maximum atomic E-state index is 12.5. The number of para-hydroxylation sites is 1. The van der Waals surface area contributed by atoms with E-state index < -0.39 is 10.0 Å². The number of benzene rings is 2. The Morgan fingerprint density at radius 1 is 1.16 bits per heavy atom. The second-order valence-electron chi connectivity index (χ2n) is 5.57. The Labute approximate surface area is 147 Å². The molecule has 1 amide bonds. The number of nitrogens with zero attached hydrogens (tertiary/aromatic N) is 1. The second-order valence-corrected chi connectivity index (χ2v) is 7.25. The second kappa shape index (κ2) is 7.81. The van der Waals surface area contributed by atoms with Crippen LogP contribution in [0, 0.1) is 11.3 Å². The molecule has 2 N–H and O–H groups in total. The standard InChI is InChI=1S/C18H19N3O3S/c1-3-13(2)20-18(22)16-6-4-5-7-17(16)21-25(23,24)15-10-8-14(12-19)9-11-15/h4-11,13,21H,3H2,1-2H3,(H,20,22)/t13-/m1/s1. The summed E-state index contributed by atoms with van der Waals surface area (Å²) in [6.45, 7) is 3.83. The van der Waals surface area contributed by atoms with Crippen molar-refractivity contribution in [2.45, 2.75) is 31.2 Å². The SMILES string of the molecule is CC[C@@H](C)NC(=O)c1ccccc1NS(=O)(=O)c1ccc(C#N)cc1. The fourth-order valence-electron chi connectivity index (χ4n) is 2.09. The molecular weight excluding hydrogens is 338 g/mol. The summed E-state index contributed by atoms with van der Waals surface area (Å²) >= 11 is 0. The molecule has 0 saturated heterocycles. The minimum absolute atomic E-state index is 0.0173. The predicted molar refractivity (Wildman–Crippen MR) is 95.6 cm³/mol. The number of carbonyl (C=O) groups is 1. The van der Waals surface area contributed by atoms with Crippen LogP contribution in [0.4, 0.5) is 5.69 Å². The molecule has 0 spiro atoms. The first kappa shape index (κ1) is 18.5. The summed E-state index contributed by atoms with van der Waals surface area (Å²) in [5, 5.41) is 11.6. The van der Waals surface area contributed by atoms with Crippen molar-refractivity contribution in [1.82, 2.24) is 5.32 Å². The highest BCUT2D eigenvalue weighted by Crippen LogP contribution is 2.20. The van der Waals surface area contributed by atoms with Gasteiger partial charge in [0.05, 0.1) is 27.8 Å². The van der Waals surface area contributed by atoms with Crippen LogP contribution in [0.1, 0.15) is 36.2 Å². The van der Waals surface area contributed by atoms with Gasteiger partial charge in [0.25, 0.3) is 15.9 Å². The quantitative estimate of drug-likeness (QED) is 0.830. The van der Waals surface area contributed by atoms with Crippen LogP contribution in [0.3, 0.4) is 0 Å². The van der Waals surface area contributed by atoms with Gasteiger partial charge in [-0.3, -0.25) is 9.52 Å². The average Bonchev–Trinajstić information content (AvgIpc) is 2.61. The van der Waals surface area contributed by atoms with Gasteiger partial charge in [-0.1, -0.05) is 19.1 Å². The van der Waals surface area contributed by atoms with Crippen LogP contribution >= 0.6 is 0 Å². The summed E-state index contributed by atoms with van der Waals surface area (Å²) in [6, 6.07) is 13.9. The van der Waals surface area contributed by atoms with Gasteiger partial charge in [-0.25, -0.2) is 8.42 Å². The van der Waals surface area contributed by atoms with Crippen LogP contribution in [0.15, 0.2) is 53.4 Å². The Morgan fingerprint density at radius 2 is 1.80 bits per heavy atom. The van der Waals surface area contributed by atoms with Crippen molar-refractivity contribution in [3.8, 4) is 6.07 Å². The number of carbonyl (C=O) groups excluding carboxylic acids is 1. The summed E-state index contributed by atoms with van der Waals surface area (Å²) in [5.74, 6) is -0.340. The van der Waals surface area contributed by atoms with E-state index in [1.54, 1.807) is 18.2 Å². The van der Waals surface area contributed by atoms with Gasteiger partial charge in [-0.15, -0.1) is 0 Å². The topological polar surface area (TPSA) is 99.1 Å². The minimum atomic E-state index is -3.87. The predicted octanol–water partition coefficient (Wildman–Crippen LogP) is 2.89. The fourth-order valence-corrected chi connectivity index (χ4v) is 3.17. The Balaban J connectivity index is 2.30. The monoisotopic (exact) mass is 357 g/mol. The molecule has 0 radical (unpaired) electrons. The summed E-state index contributed by atoms with van der Waals surface area (Å²) < 4.78 is 27.5. The molecule has 0 bridgehead atoms. The van der Waals surface area contributed by atoms with Gasteiger partial charge < -0.3 is 5.32 Å². The largest absolute Gasteiger partial charge is 0.350 e. The first-order valence-corrected chi connectivity index (χ1v) is 9.28. The number of rotatable bonds is 6. The molecule has 0 aliphatic heterocycles. The number of anilines is 1. The first-order chi connectivity index (χ1) is 11.9. The van der Waals surface area contributed by atoms with Crippen LogP contribution in [0.25, 0.3) is 0 Å². The van der Waals surface area contributed by atoms with Crippen molar-refractivity contribution < 1.29 is 13.2 Å². The van der Waals surface area contributed by atoms with Crippen LogP contribution in [-0.2, 0) is 10.0 Å². The zero-order valence-electron chi connectivity index (χ0n) is 14.0. The third-order valence-electron chi connectivity index (χ3n) is 3.70. The van der Waals surface area contributed by atoms with E-state index in [4.69, 9.17) is 5.26 Å². The molecule has 0 saturated carbocycles. The zero-order chi connectivity index (χ0) is 18.4. The van der Waals surface area contributed by atoms with Gasteiger partial charge in [0, 0.05) is 6.04 Å². The zero-order valence-corrected chi connectivity index (χ0v) is 14.8. The van der Waals surface area contributed by atoms with E-state index in [0.717, 1.165) is 6.42 Å². The molecule has 2 aromatic rings. The van der Waals surface area contributed by atoms with Gasteiger partial charge in [0.2, 0.25) is 0 Å². The molecule has 25 heavy (non-hydrogen) atoms. The van der Waals surface area contributed by atoms with Gasteiger partial charge in [0.15, 0.2) is 0 Å². The maximum absolute atomic E-state index is 12.5. The molecule has 0 fully saturated rings. The summed E-state index contributed by atoms with van der Waals surface area (Å²) in [4.78, 5) is 12.4. The fraction of sp³-hybridized carbons (Fsp3) is 0.222. The normalized spacial score (nSPS) is 12.0. The lowest BCUT2D eigenvalue weighted by Crippen LogP contribution is -2.32. The van der Waals surface area contributed by atoms with E-state index in [9.17, 15) is 13.2 Å². The Kier molecular flexibility index (Phi) is 5.78. The van der Waals surface area contributed by atoms with Gasteiger partial charge in [-0.05, 0) is 49.7 Å². The summed E-state index contributed by atoms with van der Waals surface area (Å²) in [5.41, 5.74) is 0.819. The first-order valence-electron chi connectivity index (χ1n) is 7.80. The van der Waals surface area contributed by atoms with E-state index in [1.165, 1.54) is 30.3 Å². The van der Waals surface area contributed by atoms with Gasteiger partial charge >= 0.3 is 0 Å². The van der Waals surface area contributed by atoms with Crippen molar-refractivity contribution in [3.05, 3.63) is 59.7 Å². The third kappa shape index (κ3) is 4.58. The van der Waals surface area contributed by atoms with Crippen molar-refractivity contribution in [2.75, 3.05) is 4.72 Å². The van der Waals surface area contributed by atoms with E-state index in [0.29, 0.717) is 5.56 Å². The van der Waals surface area contributed by atoms with Crippen molar-refractivity contribution in [3.63, 3.8) is 0 Å². The number of hydrogen-bond donors (Lipinski definition) is 2. The highest BCUT2D eigenvalue weighted by molar-refractivity contribution is 7.92. The number of sulfonamides is 1. The van der Waals surface area contributed by atoms with E-state index in [2.05, 4.69) is 10.0 Å². The molecule has 1 atom stereocenters. The van der Waals surface area contributed by atoms with Crippen molar-refractivity contribution in [1.29, 1.82) is 5.26 Å². The summed E-state index contributed by atoms with van der Waals surface area (Å²) in [6.07, 6.45) is 0.769. The average molecular weight is 357 g/mol. The third-order valence-corrected chi connectivity index (χ3v) is 5.08. The number of nitriles is 1. The molecule has 2 aromatic carbocycles. The molecule has 0 aromatic heterocycles. The number of hydrogen-bond acceptors (Lipinski definition) is 4. The van der Waals surface area contributed by atoms with E-state index in [1.807, 2.05) is 19.9 Å². The molecule has 0 unspecified atom stereocenters. The van der Waals surface area contributed by atoms with Crippen LogP contribution < -0.4 is 10.0 Å². The van der Waals surface area contributed by atoms with Gasteiger partial charge in [0.1, 0.15) is 0 Å². The highest BCUT2D eigenvalue weighted by atomic mass is 32.2. The van der Waals surface area contributed by atoms with Crippen molar-refractivity contribution >= 4 is 21.6 Å². The summed E-state index contributed by atoms with van der Waals surface area (Å²) in [7, 11) is -3.87. The maximum Gasteiger partial charge on any atom is 0.261 e. The lowest BCUT2D eigenvalue weighted by atomic mass is 10.1. The lowest BCUT2D eigenvalue weighted by Gasteiger charge is -2.15. The number of amides is 1. The molecular formula is C18H19N3O3S. The molecule has 6 nitrogen and oxygen atoms in total. The molecule has 0 aliphatic carbocycles. The van der Waals surface area contributed by atoms with Crippen LogP contribution in [-0.4, -0.2) is 20.4 Å². The van der Waals surface area contributed by atoms with Crippen molar-refractivity contribution in [2.24, 2.45) is 0 Å². The molecule has 130 valence electrons. The van der Waals surface area contributed by atoms with E-state index >= 15 is 0 Å². The van der Waals surface area contributed by atoms with Crippen LogP contribution in [0.5, 0.6) is 0 Å². The van der Waals surface area contributed by atoms with Gasteiger partial charge in [-0.2, -0.15) is 5.26 Å². The lowest BCUT2D eigenvalue weighted by molar-refractivity contribution is 0.0940. The smallest absolute Gasteiger partial charge is 0.261 e. The molecule has 0 aliphatic rings. The molecule has 7 heteroatoms. The molecule has 0 heterocycles. The minimum Gasteiger partial charge on any atom is -0.350 e.